The molecule has 0 aliphatic heterocycles. The Kier molecular flexibility index (Phi) is 20.0. The molecule has 12 aromatic rings. The number of hydrogen-bond acceptors (Lipinski definition) is 21. The van der Waals surface area contributed by atoms with Crippen molar-refractivity contribution in [1.82, 2.24) is 58.1 Å². The van der Waals surface area contributed by atoms with Crippen LogP contribution in [0.5, 0.6) is 34.5 Å². The lowest BCUT2D eigenvalue weighted by molar-refractivity contribution is 0.296. The van der Waals surface area contributed by atoms with Crippen molar-refractivity contribution in [3.05, 3.63) is 216 Å². The Morgan fingerprint density at radius 2 is 0.960 bits per heavy atom. The fourth-order valence-corrected chi connectivity index (χ4v) is 15.1. The van der Waals surface area contributed by atoms with Crippen LogP contribution in [0.2, 0.25) is 0 Å². The Morgan fingerprint density at radius 1 is 0.480 bits per heavy atom. The zero-order chi connectivity index (χ0) is 70.8. The number of hydrogen-bond donors (Lipinski definition) is 2. The predicted octanol–water partition coefficient (Wildman–Crippen LogP) is 8.11. The average Bonchev–Trinajstić information content (AvgIpc) is 1.60. The van der Waals surface area contributed by atoms with E-state index in [1.807, 2.05) is 18.2 Å². The molecule has 12 rings (SSSR count). The van der Waals surface area contributed by atoms with Crippen molar-refractivity contribution in [1.29, 1.82) is 0 Å². The quantitative estimate of drug-likeness (QED) is 0.0467. The van der Waals surface area contributed by atoms with Gasteiger partial charge in [0.2, 0.25) is 0 Å². The van der Waals surface area contributed by atoms with E-state index in [0.29, 0.717) is 113 Å². The third-order valence-corrected chi connectivity index (χ3v) is 19.7. The molecule has 0 aliphatic rings. The molecule has 518 valence electrons. The molecule has 3 atom stereocenters. The summed E-state index contributed by atoms with van der Waals surface area (Å²) in [5.41, 5.74) is 5.04. The van der Waals surface area contributed by atoms with Crippen LogP contribution in [-0.4, -0.2) is 161 Å². The highest BCUT2D eigenvalue weighted by molar-refractivity contribution is 9.10. The summed E-state index contributed by atoms with van der Waals surface area (Å²) in [5.74, 6) is 1.08. The summed E-state index contributed by atoms with van der Waals surface area (Å²) in [6.07, 6.45) is 11.7. The van der Waals surface area contributed by atoms with Crippen molar-refractivity contribution in [2.75, 3.05) is 77.2 Å². The van der Waals surface area contributed by atoms with Gasteiger partial charge in [-0.2, -0.15) is 0 Å². The van der Waals surface area contributed by atoms with Gasteiger partial charge in [0.25, 0.3) is 0 Å². The lowest BCUT2D eigenvalue weighted by Gasteiger charge is -2.20. The first-order chi connectivity index (χ1) is 47.9. The maximum Gasteiger partial charge on any atom is 0.335 e. The summed E-state index contributed by atoms with van der Waals surface area (Å²) in [6.45, 7) is 2.32. The second-order valence-corrected chi connectivity index (χ2v) is 31.2. The van der Waals surface area contributed by atoms with Gasteiger partial charge in [0, 0.05) is 95.1 Å². The lowest BCUT2D eigenvalue weighted by atomic mass is 10.1. The summed E-state index contributed by atoms with van der Waals surface area (Å²) >= 11 is 3.48. The number of fused-ring (bicyclic) bond motifs is 3. The van der Waals surface area contributed by atoms with Crippen LogP contribution in [-0.2, 0) is 42.4 Å². The first kappa shape index (κ1) is 69.4. The van der Waals surface area contributed by atoms with Gasteiger partial charge in [-0.3, -0.25) is 23.3 Å². The number of nitrogens with one attached hydrogen (secondary N) is 2. The molecule has 8 heterocycles. The molecule has 0 radical (unpaired) electrons. The Labute approximate surface area is 581 Å². The highest BCUT2D eigenvalue weighted by atomic mass is 79.9. The molecular formula is C69H67BrN12O15S3. The molecule has 0 spiro atoms. The maximum atomic E-state index is 14.5. The summed E-state index contributed by atoms with van der Waals surface area (Å²) < 4.78 is 120. The van der Waals surface area contributed by atoms with E-state index in [9.17, 15) is 39.6 Å². The standard InChI is InChI=1S/C69H67BrN12O15S3/c1-8-95-60-30-41(15-19-57(60)92-2)54(38-98(5,86)87)81-65-52(78-68(81)84)29-46(36-74-65)63-71-25-22-49(76-63)24-27-97-61-31-42(16-20-58(61)93-3)55(39-99(6,88)89)80-64-51(77-67(80)83)28-45(35-73-64)44-14-18-48(72-34-44)23-26-96-62-32-43(17-21-59(62)94-4)56(40-100(7,90)91)82-66-53(33-47(70)37-75-66)79(69(82)85)50-12-10-9-11-13-50/h9-22,25,28-37,54-56H,8,23-24,26-27,38-40H2,1-7H3,(H,77,83)(H,78,84)/t54-,55-,56-/m1/s1. The maximum absolute atomic E-state index is 14.5. The largest absolute Gasteiger partial charge is 0.493 e. The van der Waals surface area contributed by atoms with Gasteiger partial charge in [0.15, 0.2) is 57.3 Å². The van der Waals surface area contributed by atoms with Crippen molar-refractivity contribution in [3.8, 4) is 62.7 Å². The molecule has 2 N–H and O–H groups in total. The summed E-state index contributed by atoms with van der Waals surface area (Å²) in [6, 6.07) is 31.4. The molecule has 0 saturated heterocycles. The van der Waals surface area contributed by atoms with Crippen LogP contribution in [0, 0.1) is 0 Å². The summed E-state index contributed by atoms with van der Waals surface area (Å²) in [7, 11) is -6.64. The summed E-state index contributed by atoms with van der Waals surface area (Å²) in [4.78, 5) is 75.8. The lowest BCUT2D eigenvalue weighted by Crippen LogP contribution is -2.31. The number of ether oxygens (including phenoxy) is 6. The number of para-hydroxylation sites is 1. The van der Waals surface area contributed by atoms with Gasteiger partial charge in [0.1, 0.15) is 29.5 Å². The van der Waals surface area contributed by atoms with Crippen LogP contribution in [0.25, 0.3) is 61.7 Å². The highest BCUT2D eigenvalue weighted by Gasteiger charge is 2.31. The molecule has 4 aromatic carbocycles. The van der Waals surface area contributed by atoms with E-state index in [-0.39, 0.29) is 48.2 Å². The molecule has 8 aromatic heterocycles. The number of aromatic amines is 2. The third-order valence-electron chi connectivity index (χ3n) is 16.5. The minimum atomic E-state index is -3.75. The normalized spacial score (nSPS) is 13.0. The minimum Gasteiger partial charge on any atom is -0.493 e. The smallest absolute Gasteiger partial charge is 0.335 e. The Morgan fingerprint density at radius 3 is 1.46 bits per heavy atom. The van der Waals surface area contributed by atoms with Crippen LogP contribution in [0.4, 0.5) is 0 Å². The zero-order valence-electron chi connectivity index (χ0n) is 55.0. The van der Waals surface area contributed by atoms with Gasteiger partial charge < -0.3 is 38.4 Å². The molecule has 100 heavy (non-hydrogen) atoms. The van der Waals surface area contributed by atoms with Crippen LogP contribution in [0.1, 0.15) is 53.1 Å². The van der Waals surface area contributed by atoms with Gasteiger partial charge in [-0.05, 0) is 118 Å². The second kappa shape index (κ2) is 28.8. The Hall–Kier alpha value is -10.5. The van der Waals surface area contributed by atoms with E-state index in [0.717, 1.165) is 18.8 Å². The van der Waals surface area contributed by atoms with Gasteiger partial charge >= 0.3 is 17.1 Å². The Balaban J connectivity index is 0.737. The van der Waals surface area contributed by atoms with Crippen molar-refractivity contribution < 1.29 is 53.7 Å². The van der Waals surface area contributed by atoms with E-state index in [4.69, 9.17) is 43.4 Å². The van der Waals surface area contributed by atoms with Crippen LogP contribution >= 0.6 is 15.9 Å². The van der Waals surface area contributed by atoms with Gasteiger partial charge in [0.05, 0.1) is 98.8 Å². The van der Waals surface area contributed by atoms with Crippen LogP contribution in [0.3, 0.4) is 0 Å². The molecule has 0 amide bonds. The Bertz CT molecular complexity index is 5630. The van der Waals surface area contributed by atoms with E-state index >= 15 is 0 Å². The first-order valence-corrected chi connectivity index (χ1v) is 38.1. The second-order valence-electron chi connectivity index (χ2n) is 23.7. The number of nitrogens with zero attached hydrogens (tertiary/aromatic N) is 10. The van der Waals surface area contributed by atoms with E-state index in [1.165, 1.54) is 45.8 Å². The molecule has 0 aliphatic carbocycles. The molecule has 0 bridgehead atoms. The van der Waals surface area contributed by atoms with Gasteiger partial charge in [-0.1, -0.05) is 42.5 Å². The van der Waals surface area contributed by atoms with E-state index < -0.39 is 82.0 Å². The van der Waals surface area contributed by atoms with Crippen molar-refractivity contribution >= 4 is 78.9 Å². The molecule has 0 fully saturated rings. The highest BCUT2D eigenvalue weighted by Crippen LogP contribution is 2.38. The topological polar surface area (TPSA) is 338 Å². The van der Waals surface area contributed by atoms with Crippen molar-refractivity contribution in [2.45, 2.75) is 37.9 Å². The average molecular weight is 1480 g/mol. The number of benzene rings is 4. The zero-order valence-corrected chi connectivity index (χ0v) is 59.1. The fourth-order valence-electron chi connectivity index (χ4n) is 12.0. The number of methoxy groups -OCH3 is 3. The molecule has 31 heteroatoms. The molecule has 27 nitrogen and oxygen atoms in total. The van der Waals surface area contributed by atoms with Crippen molar-refractivity contribution in [2.24, 2.45) is 0 Å². The number of halogens is 1. The number of rotatable bonds is 28. The number of imidazole rings is 3. The monoisotopic (exact) mass is 1480 g/mol. The fraction of sp³-hybridized carbons (Fsp3) is 0.261. The number of aromatic nitrogens is 12. The molecule has 0 unspecified atom stereocenters. The third kappa shape index (κ3) is 15.2. The van der Waals surface area contributed by atoms with Crippen molar-refractivity contribution in [3.63, 3.8) is 0 Å². The van der Waals surface area contributed by atoms with E-state index in [1.54, 1.807) is 135 Å². The SMILES string of the molecule is CCOc1cc([C@@H](CS(C)(=O)=O)n2c(=O)[nH]c3cc(-c4nccc(CCOc5cc([C@@H](CS(C)(=O)=O)n6c(=O)[nH]c7cc(-c8ccc(CCOc9cc([C@@H](CS(C)(=O)=O)n%10c(=O)n(-c%11ccccc%11)c%11cc(Br)cnc%11%10)ccc9OC)nc8)cnc76)ccc5OC)n4)cnc32)ccc1OC. The van der Waals surface area contributed by atoms with Gasteiger partial charge in [-0.15, -0.1) is 0 Å². The molecule has 0 saturated carbocycles. The first-order valence-electron chi connectivity index (χ1n) is 31.2. The number of sulfone groups is 3. The predicted molar refractivity (Wildman–Crippen MR) is 380 cm³/mol. The number of pyridine rings is 4. The molecular weight excluding hydrogens is 1410 g/mol. The minimum absolute atomic E-state index is 0.0628. The number of H-pyrrole nitrogens is 2. The van der Waals surface area contributed by atoms with E-state index in [2.05, 4.69) is 40.8 Å². The van der Waals surface area contributed by atoms with Crippen LogP contribution < -0.4 is 45.5 Å². The van der Waals surface area contributed by atoms with Crippen LogP contribution in [0.15, 0.2) is 171 Å². The summed E-state index contributed by atoms with van der Waals surface area (Å²) in [5, 5.41) is 0. The van der Waals surface area contributed by atoms with Gasteiger partial charge in [-0.25, -0.2) is 64.6 Å².